The molecule has 2 aromatic rings. The predicted octanol–water partition coefficient (Wildman–Crippen LogP) is 3.70. The molecule has 18 heavy (non-hydrogen) atoms. The summed E-state index contributed by atoms with van der Waals surface area (Å²) in [4.78, 5) is 16.0. The first kappa shape index (κ1) is 13.0. The van der Waals surface area contributed by atoms with Crippen molar-refractivity contribution in [2.24, 2.45) is 0 Å². The maximum absolute atomic E-state index is 13.7. The molecule has 0 radical (unpaired) electrons. The summed E-state index contributed by atoms with van der Waals surface area (Å²) >= 11 is 6.91. The molecule has 0 atom stereocenters. The van der Waals surface area contributed by atoms with Crippen LogP contribution in [0.25, 0.3) is 10.6 Å². The second-order valence-corrected chi connectivity index (χ2v) is 4.98. The quantitative estimate of drug-likeness (QED) is 0.790. The van der Waals surface area contributed by atoms with E-state index in [9.17, 15) is 9.18 Å². The van der Waals surface area contributed by atoms with E-state index >= 15 is 0 Å². The fourth-order valence-electron chi connectivity index (χ4n) is 1.46. The highest BCUT2D eigenvalue weighted by Crippen LogP contribution is 2.31. The second kappa shape index (κ2) is 5.04. The Kier molecular flexibility index (Phi) is 3.63. The average molecular weight is 286 g/mol. The highest BCUT2D eigenvalue weighted by atomic mass is 35.5. The van der Waals surface area contributed by atoms with Crippen molar-refractivity contribution < 1.29 is 13.9 Å². The van der Waals surface area contributed by atoms with Gasteiger partial charge in [-0.1, -0.05) is 11.6 Å². The molecule has 0 aliphatic rings. The van der Waals surface area contributed by atoms with Crippen LogP contribution in [0.1, 0.15) is 15.4 Å². The van der Waals surface area contributed by atoms with Crippen LogP contribution in [0.15, 0.2) is 18.2 Å². The molecule has 0 aliphatic heterocycles. The lowest BCUT2D eigenvalue weighted by atomic mass is 10.2. The molecule has 1 aromatic carbocycles. The SMILES string of the molecule is COC(=O)c1sc(-c2cc(Cl)ccc2F)nc1C. The van der Waals surface area contributed by atoms with Gasteiger partial charge in [-0.2, -0.15) is 0 Å². The van der Waals surface area contributed by atoms with Crippen LogP contribution < -0.4 is 0 Å². The highest BCUT2D eigenvalue weighted by molar-refractivity contribution is 7.17. The van der Waals surface area contributed by atoms with E-state index in [1.165, 1.54) is 25.3 Å². The third kappa shape index (κ3) is 2.37. The predicted molar refractivity (Wildman–Crippen MR) is 68.6 cm³/mol. The number of nitrogens with zero attached hydrogens (tertiary/aromatic N) is 1. The summed E-state index contributed by atoms with van der Waals surface area (Å²) in [5, 5.41) is 0.826. The molecule has 3 nitrogen and oxygen atoms in total. The van der Waals surface area contributed by atoms with Crippen molar-refractivity contribution in [3.05, 3.63) is 39.6 Å². The van der Waals surface area contributed by atoms with Crippen molar-refractivity contribution in [3.63, 3.8) is 0 Å². The third-order valence-electron chi connectivity index (χ3n) is 2.33. The Morgan fingerprint density at radius 1 is 1.50 bits per heavy atom. The number of carbonyl (C=O) groups is 1. The number of thiazole rings is 1. The number of carbonyl (C=O) groups excluding carboxylic acids is 1. The fourth-order valence-corrected chi connectivity index (χ4v) is 2.63. The molecule has 1 heterocycles. The lowest BCUT2D eigenvalue weighted by molar-refractivity contribution is 0.0605. The Bertz CT molecular complexity index is 612. The minimum absolute atomic E-state index is 0.283. The molecule has 2 rings (SSSR count). The summed E-state index contributed by atoms with van der Waals surface area (Å²) in [7, 11) is 1.29. The van der Waals surface area contributed by atoms with Crippen LogP contribution in [0.3, 0.4) is 0 Å². The first-order valence-electron chi connectivity index (χ1n) is 5.04. The molecule has 6 heteroatoms. The number of halogens is 2. The second-order valence-electron chi connectivity index (χ2n) is 3.55. The Balaban J connectivity index is 2.52. The van der Waals surface area contributed by atoms with Gasteiger partial charge in [0, 0.05) is 10.6 Å². The molecule has 0 saturated carbocycles. The molecule has 0 amide bonds. The van der Waals surface area contributed by atoms with E-state index in [2.05, 4.69) is 9.72 Å². The smallest absolute Gasteiger partial charge is 0.349 e. The van der Waals surface area contributed by atoms with E-state index in [1.54, 1.807) is 6.92 Å². The molecular formula is C12H9ClFNO2S. The van der Waals surface area contributed by atoms with Crippen LogP contribution in [0.4, 0.5) is 4.39 Å². The zero-order chi connectivity index (χ0) is 13.3. The molecule has 1 aromatic heterocycles. The van der Waals surface area contributed by atoms with E-state index < -0.39 is 11.8 Å². The summed E-state index contributed by atoms with van der Waals surface area (Å²) < 4.78 is 18.3. The molecule has 0 saturated heterocycles. The minimum Gasteiger partial charge on any atom is -0.465 e. The Morgan fingerprint density at radius 2 is 2.22 bits per heavy atom. The van der Waals surface area contributed by atoms with Gasteiger partial charge in [-0.3, -0.25) is 0 Å². The van der Waals surface area contributed by atoms with Gasteiger partial charge in [0.1, 0.15) is 15.7 Å². The lowest BCUT2D eigenvalue weighted by Gasteiger charge is -1.99. The number of hydrogen-bond acceptors (Lipinski definition) is 4. The van der Waals surface area contributed by atoms with Gasteiger partial charge in [-0.05, 0) is 25.1 Å². The van der Waals surface area contributed by atoms with E-state index in [0.29, 0.717) is 20.6 Å². The summed E-state index contributed by atoms with van der Waals surface area (Å²) in [5.41, 5.74) is 0.798. The summed E-state index contributed by atoms with van der Waals surface area (Å²) in [6.45, 7) is 1.68. The van der Waals surface area contributed by atoms with Crippen LogP contribution >= 0.6 is 22.9 Å². The van der Waals surface area contributed by atoms with Gasteiger partial charge in [0.05, 0.1) is 12.8 Å². The number of aryl methyl sites for hydroxylation is 1. The summed E-state index contributed by atoms with van der Waals surface area (Å²) in [6, 6.07) is 4.21. The Morgan fingerprint density at radius 3 is 2.89 bits per heavy atom. The van der Waals surface area contributed by atoms with E-state index in [-0.39, 0.29) is 5.56 Å². The number of hydrogen-bond donors (Lipinski definition) is 0. The first-order valence-corrected chi connectivity index (χ1v) is 6.23. The monoisotopic (exact) mass is 285 g/mol. The van der Waals surface area contributed by atoms with Gasteiger partial charge in [0.15, 0.2) is 0 Å². The van der Waals surface area contributed by atoms with Crippen molar-refractivity contribution in [2.45, 2.75) is 6.92 Å². The topological polar surface area (TPSA) is 39.2 Å². The van der Waals surface area contributed by atoms with E-state index in [0.717, 1.165) is 11.3 Å². The lowest BCUT2D eigenvalue weighted by Crippen LogP contribution is -1.99. The number of ether oxygens (including phenoxy) is 1. The number of aromatic nitrogens is 1. The molecule has 0 aliphatic carbocycles. The standard InChI is InChI=1S/C12H9ClFNO2S/c1-6-10(12(16)17-2)18-11(15-6)8-5-7(13)3-4-9(8)14/h3-5H,1-2H3. The van der Waals surface area contributed by atoms with Gasteiger partial charge in [-0.15, -0.1) is 11.3 Å². The summed E-state index contributed by atoms with van der Waals surface area (Å²) in [6.07, 6.45) is 0. The normalized spacial score (nSPS) is 10.4. The van der Waals surface area contributed by atoms with Crippen molar-refractivity contribution in [2.75, 3.05) is 7.11 Å². The maximum atomic E-state index is 13.7. The number of rotatable bonds is 2. The van der Waals surface area contributed by atoms with Crippen molar-refractivity contribution in [3.8, 4) is 10.6 Å². The summed E-state index contributed by atoms with van der Waals surface area (Å²) in [5.74, 6) is -0.900. The maximum Gasteiger partial charge on any atom is 0.349 e. The molecule has 0 unspecified atom stereocenters. The molecule has 0 fully saturated rings. The Hall–Kier alpha value is -1.46. The van der Waals surface area contributed by atoms with E-state index in [4.69, 9.17) is 11.6 Å². The van der Waals surface area contributed by atoms with Gasteiger partial charge in [0.2, 0.25) is 0 Å². The number of benzene rings is 1. The third-order valence-corrected chi connectivity index (χ3v) is 3.73. The molecular weight excluding hydrogens is 277 g/mol. The number of methoxy groups -OCH3 is 1. The molecule has 0 spiro atoms. The minimum atomic E-state index is -0.473. The van der Waals surface area contributed by atoms with Crippen molar-refractivity contribution >= 4 is 28.9 Å². The Labute approximate surface area is 112 Å². The van der Waals surface area contributed by atoms with Crippen LogP contribution in [-0.2, 0) is 4.74 Å². The zero-order valence-electron chi connectivity index (χ0n) is 9.66. The molecule has 0 N–H and O–H groups in total. The largest absolute Gasteiger partial charge is 0.465 e. The molecule has 94 valence electrons. The van der Waals surface area contributed by atoms with E-state index in [1.807, 2.05) is 0 Å². The highest BCUT2D eigenvalue weighted by Gasteiger charge is 2.18. The van der Waals surface area contributed by atoms with Gasteiger partial charge < -0.3 is 4.74 Å². The average Bonchev–Trinajstić information content (AvgIpc) is 2.73. The van der Waals surface area contributed by atoms with Crippen LogP contribution in [0.2, 0.25) is 5.02 Å². The van der Waals surface area contributed by atoms with Crippen LogP contribution in [0, 0.1) is 12.7 Å². The van der Waals surface area contributed by atoms with Gasteiger partial charge in [-0.25, -0.2) is 14.2 Å². The van der Waals surface area contributed by atoms with Gasteiger partial charge >= 0.3 is 5.97 Å². The van der Waals surface area contributed by atoms with Crippen molar-refractivity contribution in [1.29, 1.82) is 0 Å². The zero-order valence-corrected chi connectivity index (χ0v) is 11.2. The van der Waals surface area contributed by atoms with Crippen LogP contribution in [-0.4, -0.2) is 18.1 Å². The van der Waals surface area contributed by atoms with Crippen LogP contribution in [0.5, 0.6) is 0 Å². The first-order chi connectivity index (χ1) is 8.52. The van der Waals surface area contributed by atoms with Gasteiger partial charge in [0.25, 0.3) is 0 Å². The number of esters is 1. The fraction of sp³-hybridized carbons (Fsp3) is 0.167. The molecule has 0 bridgehead atoms. The van der Waals surface area contributed by atoms with Crippen molar-refractivity contribution in [1.82, 2.24) is 4.98 Å².